The molecule has 4 amide bonds. The van der Waals surface area contributed by atoms with E-state index in [1.807, 2.05) is 37.3 Å². The van der Waals surface area contributed by atoms with Crippen LogP contribution < -0.4 is 11.1 Å². The highest BCUT2D eigenvalue weighted by molar-refractivity contribution is 6.09. The fourth-order valence-electron chi connectivity index (χ4n) is 4.18. The molecule has 0 radical (unpaired) electrons. The van der Waals surface area contributed by atoms with E-state index < -0.39 is 18.0 Å². The first-order valence-corrected chi connectivity index (χ1v) is 10.7. The molecule has 3 atom stereocenters. The van der Waals surface area contributed by atoms with Crippen molar-refractivity contribution in [3.63, 3.8) is 0 Å². The molecular formula is C23H27N5O4. The van der Waals surface area contributed by atoms with E-state index in [-0.39, 0.29) is 17.9 Å². The summed E-state index contributed by atoms with van der Waals surface area (Å²) in [7, 11) is 0. The van der Waals surface area contributed by atoms with E-state index in [2.05, 4.69) is 10.3 Å². The summed E-state index contributed by atoms with van der Waals surface area (Å²) in [5.41, 5.74) is 7.48. The quantitative estimate of drug-likeness (QED) is 0.682. The van der Waals surface area contributed by atoms with Crippen molar-refractivity contribution in [2.45, 2.75) is 25.4 Å². The zero-order chi connectivity index (χ0) is 22.7. The molecule has 1 aromatic carbocycles. The largest absolute Gasteiger partial charge is 0.384 e. The van der Waals surface area contributed by atoms with E-state index in [4.69, 9.17) is 10.5 Å². The number of amides is 4. The highest BCUT2D eigenvalue weighted by Crippen LogP contribution is 2.32. The maximum atomic E-state index is 13.3. The number of nitrogens with zero attached hydrogens (tertiary/aromatic N) is 3. The third-order valence-electron chi connectivity index (χ3n) is 5.95. The first-order valence-electron chi connectivity index (χ1n) is 10.7. The Balaban J connectivity index is 1.53. The molecule has 9 nitrogen and oxygen atoms in total. The first kappa shape index (κ1) is 21.8. The minimum atomic E-state index is -0.863. The summed E-state index contributed by atoms with van der Waals surface area (Å²) in [6.07, 6.45) is 1.88. The van der Waals surface area contributed by atoms with E-state index in [0.717, 1.165) is 16.0 Å². The van der Waals surface area contributed by atoms with Crippen LogP contribution in [0.4, 0.5) is 10.6 Å². The third-order valence-corrected chi connectivity index (χ3v) is 5.95. The number of ether oxygens (including phenoxy) is 1. The van der Waals surface area contributed by atoms with Gasteiger partial charge in [-0.25, -0.2) is 9.78 Å². The number of hydrogen-bond acceptors (Lipinski definition) is 6. The maximum absolute atomic E-state index is 13.3. The number of nitrogens with one attached hydrogen (secondary N) is 1. The zero-order valence-electron chi connectivity index (χ0n) is 17.9. The molecule has 0 bridgehead atoms. The zero-order valence-corrected chi connectivity index (χ0v) is 17.9. The van der Waals surface area contributed by atoms with Crippen LogP contribution in [0.3, 0.4) is 0 Å². The molecule has 0 saturated carbocycles. The van der Waals surface area contributed by atoms with E-state index in [0.29, 0.717) is 38.5 Å². The van der Waals surface area contributed by atoms with Gasteiger partial charge in [0, 0.05) is 19.3 Å². The Morgan fingerprint density at radius 2 is 1.94 bits per heavy atom. The van der Waals surface area contributed by atoms with Crippen LogP contribution in [0.1, 0.15) is 24.1 Å². The Labute approximate surface area is 186 Å². The number of urea groups is 1. The Morgan fingerprint density at radius 3 is 2.62 bits per heavy atom. The second-order valence-electron chi connectivity index (χ2n) is 8.07. The van der Waals surface area contributed by atoms with Gasteiger partial charge in [0.25, 0.3) is 0 Å². The lowest BCUT2D eigenvalue weighted by atomic mass is 9.81. The van der Waals surface area contributed by atoms with Crippen LogP contribution in [0.2, 0.25) is 0 Å². The number of nitrogen functional groups attached to an aromatic ring is 1. The van der Waals surface area contributed by atoms with Crippen LogP contribution in [-0.4, -0.2) is 65.0 Å². The third kappa shape index (κ3) is 4.43. The molecule has 2 saturated heterocycles. The smallest absolute Gasteiger partial charge is 0.325 e. The predicted octanol–water partition coefficient (Wildman–Crippen LogP) is 1.36. The average molecular weight is 438 g/mol. The van der Waals surface area contributed by atoms with E-state index in [9.17, 15) is 14.4 Å². The van der Waals surface area contributed by atoms with Gasteiger partial charge in [-0.15, -0.1) is 0 Å². The van der Waals surface area contributed by atoms with Crippen LogP contribution >= 0.6 is 0 Å². The molecule has 9 heteroatoms. The minimum Gasteiger partial charge on any atom is -0.384 e. The van der Waals surface area contributed by atoms with Gasteiger partial charge in [0.1, 0.15) is 11.9 Å². The molecule has 0 aliphatic carbocycles. The van der Waals surface area contributed by atoms with Crippen LogP contribution in [0.25, 0.3) is 0 Å². The van der Waals surface area contributed by atoms with Crippen molar-refractivity contribution < 1.29 is 19.1 Å². The fraction of sp³-hybridized carbons (Fsp3) is 0.391. The minimum absolute atomic E-state index is 0.234. The molecule has 3 N–H and O–H groups in total. The maximum Gasteiger partial charge on any atom is 0.325 e. The lowest BCUT2D eigenvalue weighted by Crippen LogP contribution is -2.71. The lowest BCUT2D eigenvalue weighted by molar-refractivity contribution is -0.163. The summed E-state index contributed by atoms with van der Waals surface area (Å²) in [5.74, 6) is -0.895. The van der Waals surface area contributed by atoms with E-state index in [1.54, 1.807) is 23.2 Å². The van der Waals surface area contributed by atoms with Gasteiger partial charge in [-0.2, -0.15) is 0 Å². The molecular weight excluding hydrogens is 410 g/mol. The fourth-order valence-corrected chi connectivity index (χ4v) is 4.18. The van der Waals surface area contributed by atoms with Crippen LogP contribution in [0.15, 0.2) is 48.7 Å². The predicted molar refractivity (Wildman–Crippen MR) is 117 cm³/mol. The molecule has 2 aliphatic heterocycles. The van der Waals surface area contributed by atoms with Crippen LogP contribution in [-0.2, 0) is 20.7 Å². The molecule has 2 fully saturated rings. The number of nitrogens with two attached hydrogens (primary N) is 1. The number of β-lactam (4-membered cyclic amide) rings is 1. The molecule has 3 heterocycles. The lowest BCUT2D eigenvalue weighted by Gasteiger charge is -2.46. The molecule has 0 spiro atoms. The topological polar surface area (TPSA) is 118 Å². The number of pyridine rings is 1. The Kier molecular flexibility index (Phi) is 6.36. The van der Waals surface area contributed by atoms with E-state index in [1.165, 1.54) is 0 Å². The number of morpholine rings is 1. The number of carbonyl (C=O) groups excluding carboxylic acids is 3. The van der Waals surface area contributed by atoms with Gasteiger partial charge in [-0.1, -0.05) is 30.3 Å². The Bertz CT molecular complexity index is 993. The molecule has 2 aromatic rings. The summed E-state index contributed by atoms with van der Waals surface area (Å²) in [6, 6.07) is 11.2. The van der Waals surface area contributed by atoms with Gasteiger partial charge >= 0.3 is 6.03 Å². The highest BCUT2D eigenvalue weighted by Gasteiger charge is 2.55. The highest BCUT2D eigenvalue weighted by atomic mass is 16.5. The van der Waals surface area contributed by atoms with Gasteiger partial charge < -0.3 is 20.7 Å². The Morgan fingerprint density at radius 1 is 1.22 bits per heavy atom. The first-order chi connectivity index (χ1) is 15.5. The van der Waals surface area contributed by atoms with Gasteiger partial charge in [0.15, 0.2) is 0 Å². The number of imide groups is 1. The summed E-state index contributed by atoms with van der Waals surface area (Å²) in [6.45, 7) is 3.60. The second-order valence-corrected chi connectivity index (χ2v) is 8.07. The number of rotatable bonds is 5. The molecule has 0 unspecified atom stereocenters. The summed E-state index contributed by atoms with van der Waals surface area (Å²) in [5, 5.41) is 2.85. The number of likely N-dealkylation sites (tertiary alicyclic amines) is 1. The average Bonchev–Trinajstić information content (AvgIpc) is 2.81. The van der Waals surface area contributed by atoms with Crippen molar-refractivity contribution in [1.29, 1.82) is 0 Å². The number of aromatic nitrogens is 1. The van der Waals surface area contributed by atoms with Crippen molar-refractivity contribution >= 4 is 23.7 Å². The van der Waals surface area contributed by atoms with Crippen molar-refractivity contribution in [3.05, 3.63) is 59.8 Å². The summed E-state index contributed by atoms with van der Waals surface area (Å²) >= 11 is 0. The number of hydrogen-bond donors (Lipinski definition) is 2. The van der Waals surface area contributed by atoms with E-state index >= 15 is 0 Å². The Hall–Kier alpha value is -3.46. The van der Waals surface area contributed by atoms with Crippen molar-refractivity contribution in [1.82, 2.24) is 20.1 Å². The molecule has 2 aliphatic rings. The summed E-state index contributed by atoms with van der Waals surface area (Å²) in [4.78, 5) is 46.1. The van der Waals surface area contributed by atoms with Gasteiger partial charge in [0.05, 0.1) is 25.2 Å². The van der Waals surface area contributed by atoms with Gasteiger partial charge in [-0.05, 0) is 36.6 Å². The van der Waals surface area contributed by atoms with Crippen molar-refractivity contribution in [2.24, 2.45) is 5.92 Å². The van der Waals surface area contributed by atoms with Crippen LogP contribution in [0, 0.1) is 5.92 Å². The standard InChI is InChI=1S/C23H27N5O4/c1-15(17-5-3-2-4-6-17)26-23(31)28-20(22(30)27-9-11-32-12-10-27)18(21(28)29)13-16-7-8-25-19(24)14-16/h2-8,14-15,18,20H,9-13H2,1H3,(H2,24,25)(H,26,31)/t15-,18-,20+/m1/s1. The molecule has 4 rings (SSSR count). The molecule has 168 valence electrons. The number of carbonyl (C=O) groups is 3. The van der Waals surface area contributed by atoms with Crippen LogP contribution in [0.5, 0.6) is 0 Å². The number of anilines is 1. The van der Waals surface area contributed by atoms with Gasteiger partial charge in [-0.3, -0.25) is 14.5 Å². The van der Waals surface area contributed by atoms with Crippen molar-refractivity contribution in [3.8, 4) is 0 Å². The molecule has 1 aromatic heterocycles. The molecule has 32 heavy (non-hydrogen) atoms. The number of benzene rings is 1. The second kappa shape index (κ2) is 9.35. The SMILES string of the molecule is C[C@@H](NC(=O)N1C(=O)[C@H](Cc2ccnc(N)c2)[C@H]1C(=O)N1CCOCC1)c1ccccc1. The van der Waals surface area contributed by atoms with Crippen molar-refractivity contribution in [2.75, 3.05) is 32.0 Å². The summed E-state index contributed by atoms with van der Waals surface area (Å²) < 4.78 is 5.34. The normalized spacial score (nSPS) is 21.6. The van der Waals surface area contributed by atoms with Gasteiger partial charge in [0.2, 0.25) is 11.8 Å². The monoisotopic (exact) mass is 437 g/mol.